The minimum Gasteiger partial charge on any atom is -0.493 e. The average molecular weight is 499 g/mol. The first-order valence-corrected chi connectivity index (χ1v) is 12.6. The highest BCUT2D eigenvalue weighted by molar-refractivity contribution is 5.80. The topological polar surface area (TPSA) is 77.5 Å². The molecular weight excluding hydrogens is 460 g/mol. The summed E-state index contributed by atoms with van der Waals surface area (Å²) in [6.45, 7) is 5.91. The Hall–Kier alpha value is -3.42. The summed E-state index contributed by atoms with van der Waals surface area (Å²) in [6.07, 6.45) is 4.01. The van der Waals surface area contributed by atoms with Crippen molar-refractivity contribution >= 4 is 11.8 Å². The summed E-state index contributed by atoms with van der Waals surface area (Å²) in [4.78, 5) is 28.8. The van der Waals surface area contributed by atoms with E-state index in [-0.39, 0.29) is 25.0 Å². The van der Waals surface area contributed by atoms with Crippen LogP contribution >= 0.6 is 0 Å². The van der Waals surface area contributed by atoms with Gasteiger partial charge in [-0.2, -0.15) is 0 Å². The number of piperazine rings is 1. The van der Waals surface area contributed by atoms with Gasteiger partial charge in [-0.25, -0.2) is 0 Å². The molecule has 8 nitrogen and oxygen atoms in total. The molecule has 0 radical (unpaired) electrons. The molecule has 0 aliphatic carbocycles. The molecule has 0 unspecified atom stereocenters. The molecule has 1 aliphatic heterocycles. The largest absolute Gasteiger partial charge is 0.493 e. The number of benzene rings is 2. The van der Waals surface area contributed by atoms with Crippen LogP contribution in [0.2, 0.25) is 0 Å². The summed E-state index contributed by atoms with van der Waals surface area (Å²) in [6, 6.07) is 11.6. The predicted molar refractivity (Wildman–Crippen MR) is 138 cm³/mol. The number of hydrogen-bond acceptors (Lipinski definition) is 6. The molecule has 1 saturated heterocycles. The molecule has 1 heterocycles. The van der Waals surface area contributed by atoms with Crippen LogP contribution in [0.5, 0.6) is 23.0 Å². The maximum Gasteiger partial charge on any atom is 0.260 e. The fourth-order valence-electron chi connectivity index (χ4n) is 4.22. The van der Waals surface area contributed by atoms with E-state index in [4.69, 9.17) is 18.9 Å². The molecule has 0 spiro atoms. The Kier molecular flexibility index (Phi) is 10.3. The third kappa shape index (κ3) is 7.29. The molecule has 2 amide bonds. The van der Waals surface area contributed by atoms with Gasteiger partial charge in [-0.15, -0.1) is 0 Å². The van der Waals surface area contributed by atoms with Crippen molar-refractivity contribution in [3.8, 4) is 23.0 Å². The summed E-state index contributed by atoms with van der Waals surface area (Å²) in [5.41, 5.74) is 2.34. The Balaban J connectivity index is 1.45. The zero-order chi connectivity index (χ0) is 25.9. The average Bonchev–Trinajstić information content (AvgIpc) is 2.91. The van der Waals surface area contributed by atoms with Gasteiger partial charge in [0.2, 0.25) is 0 Å². The van der Waals surface area contributed by atoms with Gasteiger partial charge in [0.1, 0.15) is 0 Å². The Morgan fingerprint density at radius 3 is 1.39 bits per heavy atom. The maximum atomic E-state index is 12.7. The lowest BCUT2D eigenvalue weighted by molar-refractivity contribution is -0.141. The van der Waals surface area contributed by atoms with E-state index in [1.54, 1.807) is 24.0 Å². The summed E-state index contributed by atoms with van der Waals surface area (Å²) in [5, 5.41) is 0. The molecule has 0 N–H and O–H groups in total. The molecule has 2 aromatic carbocycles. The fraction of sp³-hybridized carbons (Fsp3) is 0.500. The van der Waals surface area contributed by atoms with Crippen LogP contribution in [0.1, 0.15) is 37.8 Å². The van der Waals surface area contributed by atoms with Crippen LogP contribution in [-0.2, 0) is 22.4 Å². The molecular formula is C28H38N2O6. The molecule has 1 fully saturated rings. The zero-order valence-corrected chi connectivity index (χ0v) is 21.9. The highest BCUT2D eigenvalue weighted by atomic mass is 16.5. The molecule has 0 atom stereocenters. The Bertz CT molecular complexity index is 936. The second-order valence-electron chi connectivity index (χ2n) is 8.81. The second-order valence-corrected chi connectivity index (χ2v) is 8.81. The van der Waals surface area contributed by atoms with Crippen molar-refractivity contribution in [3.05, 3.63) is 47.5 Å². The Morgan fingerprint density at radius 2 is 1.06 bits per heavy atom. The van der Waals surface area contributed by atoms with E-state index in [2.05, 4.69) is 13.8 Å². The Morgan fingerprint density at radius 1 is 0.667 bits per heavy atom. The summed E-state index contributed by atoms with van der Waals surface area (Å²) >= 11 is 0. The van der Waals surface area contributed by atoms with Gasteiger partial charge in [-0.3, -0.25) is 9.59 Å². The molecule has 2 aromatic rings. The van der Waals surface area contributed by atoms with Crippen LogP contribution in [0.4, 0.5) is 0 Å². The number of amides is 2. The molecule has 3 rings (SSSR count). The monoisotopic (exact) mass is 498 g/mol. The van der Waals surface area contributed by atoms with Gasteiger partial charge in [0, 0.05) is 26.2 Å². The highest BCUT2D eigenvalue weighted by Crippen LogP contribution is 2.29. The van der Waals surface area contributed by atoms with Crippen molar-refractivity contribution in [1.82, 2.24) is 9.80 Å². The minimum absolute atomic E-state index is 0.0750. The van der Waals surface area contributed by atoms with Gasteiger partial charge in [-0.1, -0.05) is 38.8 Å². The van der Waals surface area contributed by atoms with Crippen molar-refractivity contribution in [3.63, 3.8) is 0 Å². The summed E-state index contributed by atoms with van der Waals surface area (Å²) in [5.74, 6) is 2.12. The zero-order valence-electron chi connectivity index (χ0n) is 21.9. The molecule has 1 aliphatic rings. The Labute approximate surface area is 214 Å². The SMILES string of the molecule is CCCc1ccc(OCC(=O)N2CCN(C(=O)COc3ccc(CCC)cc3OC)CC2)c(OC)c1. The van der Waals surface area contributed by atoms with Gasteiger partial charge in [0.25, 0.3) is 11.8 Å². The van der Waals surface area contributed by atoms with Crippen LogP contribution in [0.25, 0.3) is 0 Å². The van der Waals surface area contributed by atoms with Gasteiger partial charge >= 0.3 is 0 Å². The van der Waals surface area contributed by atoms with Crippen molar-refractivity contribution in [2.24, 2.45) is 0 Å². The molecule has 8 heteroatoms. The molecule has 196 valence electrons. The number of carbonyl (C=O) groups is 2. The number of methoxy groups -OCH3 is 2. The quantitative estimate of drug-likeness (QED) is 0.444. The van der Waals surface area contributed by atoms with E-state index in [0.29, 0.717) is 49.2 Å². The van der Waals surface area contributed by atoms with E-state index in [0.717, 1.165) is 25.7 Å². The molecule has 0 aromatic heterocycles. The third-order valence-corrected chi connectivity index (χ3v) is 6.22. The van der Waals surface area contributed by atoms with Crippen molar-refractivity contribution in [2.45, 2.75) is 39.5 Å². The highest BCUT2D eigenvalue weighted by Gasteiger charge is 2.25. The van der Waals surface area contributed by atoms with Crippen molar-refractivity contribution in [2.75, 3.05) is 53.6 Å². The standard InChI is InChI=1S/C28H38N2O6/c1-5-7-21-9-11-23(25(17-21)33-3)35-19-27(31)29-13-15-30(16-14-29)28(32)20-36-24-12-10-22(8-6-2)18-26(24)34-4/h9-12,17-18H,5-8,13-16,19-20H2,1-4H3. The number of hydrogen-bond donors (Lipinski definition) is 0. The molecule has 0 saturated carbocycles. The lowest BCUT2D eigenvalue weighted by Gasteiger charge is -2.34. The smallest absolute Gasteiger partial charge is 0.260 e. The first-order chi connectivity index (χ1) is 17.5. The normalized spacial score (nSPS) is 13.3. The summed E-state index contributed by atoms with van der Waals surface area (Å²) in [7, 11) is 3.19. The van der Waals surface area contributed by atoms with Crippen LogP contribution in [0.15, 0.2) is 36.4 Å². The van der Waals surface area contributed by atoms with Crippen LogP contribution in [0, 0.1) is 0 Å². The van der Waals surface area contributed by atoms with Crippen LogP contribution < -0.4 is 18.9 Å². The number of rotatable bonds is 12. The first-order valence-electron chi connectivity index (χ1n) is 12.6. The third-order valence-electron chi connectivity index (χ3n) is 6.22. The lowest BCUT2D eigenvalue weighted by Crippen LogP contribution is -2.52. The number of nitrogens with zero attached hydrogens (tertiary/aromatic N) is 2. The van der Waals surface area contributed by atoms with E-state index < -0.39 is 0 Å². The number of ether oxygens (including phenoxy) is 4. The first kappa shape index (κ1) is 27.2. The van der Waals surface area contributed by atoms with Gasteiger partial charge in [-0.05, 0) is 48.2 Å². The second kappa shape index (κ2) is 13.6. The fourth-order valence-corrected chi connectivity index (χ4v) is 4.22. The van der Waals surface area contributed by atoms with Crippen LogP contribution in [0.3, 0.4) is 0 Å². The number of aryl methyl sites for hydroxylation is 2. The number of carbonyl (C=O) groups excluding carboxylic acids is 2. The molecule has 0 bridgehead atoms. The minimum atomic E-state index is -0.116. The lowest BCUT2D eigenvalue weighted by atomic mass is 10.1. The van der Waals surface area contributed by atoms with E-state index >= 15 is 0 Å². The summed E-state index contributed by atoms with van der Waals surface area (Å²) < 4.78 is 22.4. The van der Waals surface area contributed by atoms with E-state index in [9.17, 15) is 9.59 Å². The van der Waals surface area contributed by atoms with Gasteiger partial charge in [0.05, 0.1) is 14.2 Å². The molecule has 36 heavy (non-hydrogen) atoms. The van der Waals surface area contributed by atoms with Crippen LogP contribution in [-0.4, -0.2) is 75.2 Å². The van der Waals surface area contributed by atoms with E-state index in [1.807, 2.05) is 36.4 Å². The maximum absolute atomic E-state index is 12.7. The van der Waals surface area contributed by atoms with Crippen molar-refractivity contribution in [1.29, 1.82) is 0 Å². The van der Waals surface area contributed by atoms with Gasteiger partial charge in [0.15, 0.2) is 36.2 Å². The predicted octanol–water partition coefficient (Wildman–Crippen LogP) is 3.74. The van der Waals surface area contributed by atoms with E-state index in [1.165, 1.54) is 11.1 Å². The van der Waals surface area contributed by atoms with Crippen molar-refractivity contribution < 1.29 is 28.5 Å². The van der Waals surface area contributed by atoms with Gasteiger partial charge < -0.3 is 28.7 Å².